The number of nitrogens with two attached hydrogens (primary N) is 1. The highest BCUT2D eigenvalue weighted by molar-refractivity contribution is 5.85. The van der Waals surface area contributed by atoms with Gasteiger partial charge < -0.3 is 20.7 Å². The minimum Gasteiger partial charge on any atom is -0.508 e. The van der Waals surface area contributed by atoms with E-state index in [1.165, 1.54) is 0 Å². The summed E-state index contributed by atoms with van der Waals surface area (Å²) in [7, 11) is 0. The van der Waals surface area contributed by atoms with E-state index in [1.54, 1.807) is 18.2 Å². The number of benzene rings is 2. The molecule has 0 spiro atoms. The Kier molecular flexibility index (Phi) is 7.02. The maximum absolute atomic E-state index is 9.92. The molecule has 2 aromatic rings. The van der Waals surface area contributed by atoms with Crippen LogP contribution in [0.5, 0.6) is 11.5 Å². The number of hydrogen-bond acceptors (Lipinski definition) is 4. The van der Waals surface area contributed by atoms with Crippen LogP contribution in [-0.4, -0.2) is 22.9 Å². The van der Waals surface area contributed by atoms with Crippen LogP contribution in [-0.2, 0) is 13.0 Å². The molecule has 0 heterocycles. The molecule has 114 valence electrons. The molecule has 0 aromatic heterocycles. The fraction of sp³-hybridized carbons (Fsp3) is 0.250. The molecular weight excluding hydrogens is 290 g/mol. The molecule has 0 amide bonds. The summed E-state index contributed by atoms with van der Waals surface area (Å²) in [5, 5.41) is 18.8. The molecular formula is C16H20ClNO3. The minimum atomic E-state index is -0.364. The molecule has 0 aliphatic rings. The van der Waals surface area contributed by atoms with E-state index in [0.29, 0.717) is 24.3 Å². The Balaban J connectivity index is 0.00000220. The van der Waals surface area contributed by atoms with Crippen LogP contribution in [0.4, 0.5) is 0 Å². The highest BCUT2D eigenvalue weighted by Gasteiger charge is 2.08. The van der Waals surface area contributed by atoms with Crippen molar-refractivity contribution in [2.75, 3.05) is 6.61 Å². The van der Waals surface area contributed by atoms with Gasteiger partial charge >= 0.3 is 0 Å². The number of ether oxygens (including phenoxy) is 1. The van der Waals surface area contributed by atoms with E-state index in [2.05, 4.69) is 0 Å². The summed E-state index contributed by atoms with van der Waals surface area (Å²) in [5.74, 6) is 0.743. The van der Waals surface area contributed by atoms with E-state index in [0.717, 1.165) is 5.56 Å². The van der Waals surface area contributed by atoms with Crippen LogP contribution in [0.3, 0.4) is 0 Å². The van der Waals surface area contributed by atoms with Gasteiger partial charge in [-0.25, -0.2) is 0 Å². The van der Waals surface area contributed by atoms with Crippen molar-refractivity contribution in [1.29, 1.82) is 0 Å². The Morgan fingerprint density at radius 3 is 2.43 bits per heavy atom. The second-order valence-electron chi connectivity index (χ2n) is 4.71. The molecule has 0 aliphatic heterocycles. The predicted molar refractivity (Wildman–Crippen MR) is 84.9 cm³/mol. The van der Waals surface area contributed by atoms with Crippen molar-refractivity contribution in [3.05, 3.63) is 59.7 Å². The van der Waals surface area contributed by atoms with E-state index < -0.39 is 0 Å². The summed E-state index contributed by atoms with van der Waals surface area (Å²) >= 11 is 0. The van der Waals surface area contributed by atoms with Gasteiger partial charge in [0.05, 0.1) is 6.61 Å². The topological polar surface area (TPSA) is 75.7 Å². The number of halogens is 1. The van der Waals surface area contributed by atoms with Gasteiger partial charge in [0.25, 0.3) is 0 Å². The Labute approximate surface area is 130 Å². The van der Waals surface area contributed by atoms with Gasteiger partial charge in [-0.2, -0.15) is 0 Å². The summed E-state index contributed by atoms with van der Waals surface area (Å²) in [6.45, 7) is 0.349. The zero-order valence-corrected chi connectivity index (χ0v) is 12.4. The second-order valence-corrected chi connectivity index (χ2v) is 4.71. The maximum atomic E-state index is 9.92. The van der Waals surface area contributed by atoms with E-state index in [4.69, 9.17) is 15.6 Å². The third-order valence-corrected chi connectivity index (χ3v) is 3.02. The highest BCUT2D eigenvalue weighted by atomic mass is 35.5. The first-order chi connectivity index (χ1) is 9.69. The molecule has 0 fully saturated rings. The first-order valence-electron chi connectivity index (χ1n) is 6.54. The molecule has 4 nitrogen and oxygen atoms in total. The van der Waals surface area contributed by atoms with Gasteiger partial charge in [-0.1, -0.05) is 36.4 Å². The Morgan fingerprint density at radius 2 is 1.81 bits per heavy atom. The normalized spacial score (nSPS) is 11.5. The van der Waals surface area contributed by atoms with Gasteiger partial charge in [0.1, 0.15) is 18.1 Å². The standard InChI is InChI=1S/C16H19NO3.ClH/c17-14(10-18)8-13-6-7-15(9-16(13)19)20-11-12-4-2-1-3-5-12;/h1-7,9,14,18-19H,8,10-11,17H2;1H. The highest BCUT2D eigenvalue weighted by Crippen LogP contribution is 2.25. The van der Waals surface area contributed by atoms with Crippen molar-refractivity contribution < 1.29 is 14.9 Å². The van der Waals surface area contributed by atoms with E-state index >= 15 is 0 Å². The van der Waals surface area contributed by atoms with E-state index in [1.807, 2.05) is 30.3 Å². The average molecular weight is 310 g/mol. The minimum absolute atomic E-state index is 0. The lowest BCUT2D eigenvalue weighted by atomic mass is 10.1. The van der Waals surface area contributed by atoms with Crippen LogP contribution in [0, 0.1) is 0 Å². The molecule has 0 radical (unpaired) electrons. The first kappa shape index (κ1) is 17.3. The fourth-order valence-electron chi connectivity index (χ4n) is 1.89. The SMILES string of the molecule is Cl.NC(CO)Cc1ccc(OCc2ccccc2)cc1O. The largest absolute Gasteiger partial charge is 0.508 e. The molecule has 0 aliphatic carbocycles. The average Bonchev–Trinajstić information content (AvgIpc) is 2.48. The van der Waals surface area contributed by atoms with Crippen LogP contribution < -0.4 is 10.5 Å². The molecule has 2 rings (SSSR count). The van der Waals surface area contributed by atoms with Crippen LogP contribution in [0.25, 0.3) is 0 Å². The summed E-state index contributed by atoms with van der Waals surface area (Å²) in [6, 6.07) is 14.6. The van der Waals surface area contributed by atoms with Gasteiger partial charge in [-0.05, 0) is 23.6 Å². The summed E-state index contributed by atoms with van der Waals surface area (Å²) in [6.07, 6.45) is 0.432. The molecule has 0 saturated heterocycles. The third kappa shape index (κ3) is 5.27. The van der Waals surface area contributed by atoms with E-state index in [-0.39, 0.29) is 30.8 Å². The van der Waals surface area contributed by atoms with Crippen LogP contribution in [0.15, 0.2) is 48.5 Å². The Hall–Kier alpha value is -1.75. The van der Waals surface area contributed by atoms with Crippen molar-refractivity contribution in [1.82, 2.24) is 0 Å². The molecule has 1 atom stereocenters. The smallest absolute Gasteiger partial charge is 0.123 e. The van der Waals surface area contributed by atoms with E-state index in [9.17, 15) is 5.11 Å². The van der Waals surface area contributed by atoms with Gasteiger partial charge in [0.2, 0.25) is 0 Å². The molecule has 1 unspecified atom stereocenters. The number of phenols is 1. The van der Waals surface area contributed by atoms with Gasteiger partial charge in [0.15, 0.2) is 0 Å². The lowest BCUT2D eigenvalue weighted by Crippen LogP contribution is -2.26. The predicted octanol–water partition coefficient (Wildman–Crippen LogP) is 2.26. The van der Waals surface area contributed by atoms with Gasteiger partial charge in [-0.3, -0.25) is 0 Å². The maximum Gasteiger partial charge on any atom is 0.123 e. The van der Waals surface area contributed by atoms with Crippen molar-refractivity contribution in [2.24, 2.45) is 5.73 Å². The summed E-state index contributed by atoms with van der Waals surface area (Å²) in [4.78, 5) is 0. The summed E-state index contributed by atoms with van der Waals surface area (Å²) < 4.78 is 5.62. The number of rotatable bonds is 6. The monoisotopic (exact) mass is 309 g/mol. The number of aliphatic hydroxyl groups excluding tert-OH is 1. The zero-order valence-electron chi connectivity index (χ0n) is 11.6. The first-order valence-corrected chi connectivity index (χ1v) is 6.54. The van der Waals surface area contributed by atoms with Crippen molar-refractivity contribution in [2.45, 2.75) is 19.1 Å². The lowest BCUT2D eigenvalue weighted by molar-refractivity contribution is 0.264. The molecule has 21 heavy (non-hydrogen) atoms. The van der Waals surface area contributed by atoms with Gasteiger partial charge in [0, 0.05) is 12.1 Å². The van der Waals surface area contributed by atoms with Crippen molar-refractivity contribution >= 4 is 12.4 Å². The Bertz CT molecular complexity index is 548. The Morgan fingerprint density at radius 1 is 1.10 bits per heavy atom. The van der Waals surface area contributed by atoms with Crippen LogP contribution >= 0.6 is 12.4 Å². The molecule has 0 bridgehead atoms. The molecule has 5 heteroatoms. The molecule has 0 saturated carbocycles. The third-order valence-electron chi connectivity index (χ3n) is 3.02. The lowest BCUT2D eigenvalue weighted by Gasteiger charge is -2.12. The van der Waals surface area contributed by atoms with Gasteiger partial charge in [-0.15, -0.1) is 12.4 Å². The number of phenolic OH excluding ortho intramolecular Hbond substituents is 1. The van der Waals surface area contributed by atoms with Crippen LogP contribution in [0.1, 0.15) is 11.1 Å². The number of aliphatic hydroxyl groups is 1. The second kappa shape index (κ2) is 8.52. The van der Waals surface area contributed by atoms with Crippen molar-refractivity contribution in [3.63, 3.8) is 0 Å². The van der Waals surface area contributed by atoms with Crippen LogP contribution in [0.2, 0.25) is 0 Å². The molecule has 2 aromatic carbocycles. The molecule has 4 N–H and O–H groups in total. The number of hydrogen-bond donors (Lipinski definition) is 3. The quantitative estimate of drug-likeness (QED) is 0.765. The number of aromatic hydroxyl groups is 1. The fourth-order valence-corrected chi connectivity index (χ4v) is 1.89. The summed E-state index contributed by atoms with van der Waals surface area (Å²) in [5.41, 5.74) is 7.43. The van der Waals surface area contributed by atoms with Crippen molar-refractivity contribution in [3.8, 4) is 11.5 Å². The zero-order chi connectivity index (χ0) is 14.4.